The number of halogens is 2. The summed E-state index contributed by atoms with van der Waals surface area (Å²) >= 11 is 11.3. The van der Waals surface area contributed by atoms with Gasteiger partial charge in [0.05, 0.1) is 8.66 Å². The molecule has 0 N–H and O–H groups in total. The standard InChI is InChI=1S/C13H15BrClNOS/c1-7-4-11(18-12(7)14)13(17)16-9-2-3-10(16)6-8(15)5-9/h4,8-10H,2-3,5-6H2,1H3. The second-order valence-corrected chi connectivity index (χ2v) is 8.22. The number of hydrogen-bond donors (Lipinski definition) is 0. The predicted octanol–water partition coefficient (Wildman–Crippen LogP) is 4.19. The number of carbonyl (C=O) groups excluding carboxylic acids is 1. The first kappa shape index (κ1) is 12.9. The van der Waals surface area contributed by atoms with E-state index in [0.29, 0.717) is 12.1 Å². The maximum absolute atomic E-state index is 12.6. The number of aryl methyl sites for hydroxylation is 1. The van der Waals surface area contributed by atoms with Gasteiger partial charge in [-0.25, -0.2) is 0 Å². The third-order valence-corrected chi connectivity index (χ3v) is 6.46. The molecule has 3 heterocycles. The lowest BCUT2D eigenvalue weighted by Gasteiger charge is -2.36. The molecule has 2 atom stereocenters. The van der Waals surface area contributed by atoms with E-state index in [0.717, 1.165) is 39.9 Å². The summed E-state index contributed by atoms with van der Waals surface area (Å²) in [7, 11) is 0. The molecule has 2 fully saturated rings. The number of carbonyl (C=O) groups is 1. The highest BCUT2D eigenvalue weighted by Gasteiger charge is 2.43. The van der Waals surface area contributed by atoms with E-state index < -0.39 is 0 Å². The van der Waals surface area contributed by atoms with Crippen molar-refractivity contribution in [1.29, 1.82) is 0 Å². The van der Waals surface area contributed by atoms with Crippen LogP contribution in [0.5, 0.6) is 0 Å². The summed E-state index contributed by atoms with van der Waals surface area (Å²) in [6.45, 7) is 2.02. The molecule has 2 bridgehead atoms. The van der Waals surface area contributed by atoms with E-state index >= 15 is 0 Å². The van der Waals surface area contributed by atoms with Gasteiger partial charge in [0.2, 0.25) is 0 Å². The molecule has 2 aliphatic rings. The van der Waals surface area contributed by atoms with Crippen LogP contribution in [0.1, 0.15) is 40.9 Å². The lowest BCUT2D eigenvalue weighted by Crippen LogP contribution is -2.46. The summed E-state index contributed by atoms with van der Waals surface area (Å²) < 4.78 is 1.06. The van der Waals surface area contributed by atoms with Crippen LogP contribution in [0.3, 0.4) is 0 Å². The molecule has 1 amide bonds. The Kier molecular flexibility index (Phi) is 3.45. The van der Waals surface area contributed by atoms with Crippen molar-refractivity contribution in [1.82, 2.24) is 4.90 Å². The molecule has 0 spiro atoms. The first-order valence-corrected chi connectivity index (χ1v) is 8.33. The van der Waals surface area contributed by atoms with Crippen LogP contribution in [0.25, 0.3) is 0 Å². The molecule has 0 aromatic carbocycles. The molecule has 2 aliphatic heterocycles. The lowest BCUT2D eigenvalue weighted by atomic mass is 10.0. The van der Waals surface area contributed by atoms with Gasteiger partial charge in [0, 0.05) is 17.5 Å². The number of alkyl halides is 1. The highest BCUT2D eigenvalue weighted by molar-refractivity contribution is 9.11. The van der Waals surface area contributed by atoms with Crippen molar-refractivity contribution in [2.24, 2.45) is 0 Å². The average Bonchev–Trinajstić information content (AvgIpc) is 2.78. The Balaban J connectivity index is 1.85. The van der Waals surface area contributed by atoms with Crippen LogP contribution in [0.4, 0.5) is 0 Å². The number of piperidine rings is 1. The van der Waals surface area contributed by atoms with Gasteiger partial charge in [-0.05, 0) is 60.2 Å². The van der Waals surface area contributed by atoms with E-state index in [-0.39, 0.29) is 11.3 Å². The molecule has 2 nitrogen and oxygen atoms in total. The van der Waals surface area contributed by atoms with Crippen LogP contribution >= 0.6 is 38.9 Å². The zero-order chi connectivity index (χ0) is 12.9. The van der Waals surface area contributed by atoms with Crippen LogP contribution < -0.4 is 0 Å². The van der Waals surface area contributed by atoms with Crippen molar-refractivity contribution in [2.45, 2.75) is 50.1 Å². The maximum Gasteiger partial charge on any atom is 0.264 e. The number of rotatable bonds is 1. The average molecular weight is 349 g/mol. The summed E-state index contributed by atoms with van der Waals surface area (Å²) in [5, 5.41) is 0.253. The summed E-state index contributed by atoms with van der Waals surface area (Å²) in [5.41, 5.74) is 1.14. The maximum atomic E-state index is 12.6. The molecule has 0 saturated carbocycles. The Morgan fingerprint density at radius 1 is 1.44 bits per heavy atom. The summed E-state index contributed by atoms with van der Waals surface area (Å²) in [4.78, 5) is 15.6. The van der Waals surface area contributed by atoms with Crippen LogP contribution in [-0.4, -0.2) is 28.3 Å². The quantitative estimate of drug-likeness (QED) is 0.697. The normalized spacial score (nSPS) is 30.8. The minimum absolute atomic E-state index is 0.199. The molecular formula is C13H15BrClNOS. The van der Waals surface area contributed by atoms with Gasteiger partial charge < -0.3 is 4.90 Å². The van der Waals surface area contributed by atoms with Crippen LogP contribution in [0.2, 0.25) is 0 Å². The van der Waals surface area contributed by atoms with Crippen molar-refractivity contribution in [3.63, 3.8) is 0 Å². The third kappa shape index (κ3) is 2.12. The van der Waals surface area contributed by atoms with Gasteiger partial charge in [0.1, 0.15) is 0 Å². The molecule has 3 rings (SSSR count). The fourth-order valence-electron chi connectivity index (χ4n) is 3.13. The minimum Gasteiger partial charge on any atom is -0.332 e. The van der Waals surface area contributed by atoms with Crippen LogP contribution in [0.15, 0.2) is 9.85 Å². The monoisotopic (exact) mass is 347 g/mol. The van der Waals surface area contributed by atoms with Gasteiger partial charge >= 0.3 is 0 Å². The van der Waals surface area contributed by atoms with Gasteiger partial charge in [-0.3, -0.25) is 4.79 Å². The number of amides is 1. The van der Waals surface area contributed by atoms with Crippen molar-refractivity contribution in [3.8, 4) is 0 Å². The zero-order valence-electron chi connectivity index (χ0n) is 10.2. The Morgan fingerprint density at radius 2 is 2.06 bits per heavy atom. The first-order valence-electron chi connectivity index (χ1n) is 6.29. The molecule has 0 aliphatic carbocycles. The smallest absolute Gasteiger partial charge is 0.264 e. The molecule has 1 aromatic rings. The SMILES string of the molecule is Cc1cc(C(=O)N2C3CCC2CC(Cl)C3)sc1Br. The predicted molar refractivity (Wildman–Crippen MR) is 78.6 cm³/mol. The first-order chi connectivity index (χ1) is 8.56. The highest BCUT2D eigenvalue weighted by Crippen LogP contribution is 2.40. The zero-order valence-corrected chi connectivity index (χ0v) is 13.3. The van der Waals surface area contributed by atoms with Gasteiger partial charge in [-0.2, -0.15) is 0 Å². The fraction of sp³-hybridized carbons (Fsp3) is 0.615. The van der Waals surface area contributed by atoms with E-state index in [4.69, 9.17) is 11.6 Å². The molecule has 0 radical (unpaired) electrons. The van der Waals surface area contributed by atoms with Crippen molar-refractivity contribution >= 4 is 44.8 Å². The Bertz CT molecular complexity index is 456. The largest absolute Gasteiger partial charge is 0.332 e. The molecule has 5 heteroatoms. The molecule has 18 heavy (non-hydrogen) atoms. The Morgan fingerprint density at radius 3 is 2.56 bits per heavy atom. The topological polar surface area (TPSA) is 20.3 Å². The molecule has 2 unspecified atom stereocenters. The Labute approximate surface area is 124 Å². The fourth-order valence-corrected chi connectivity index (χ4v) is 5.03. The second-order valence-electron chi connectivity index (χ2n) is 5.23. The van der Waals surface area contributed by atoms with Crippen molar-refractivity contribution < 1.29 is 4.79 Å². The number of fused-ring (bicyclic) bond motifs is 2. The van der Waals surface area contributed by atoms with Gasteiger partial charge in [-0.1, -0.05) is 0 Å². The third-order valence-electron chi connectivity index (χ3n) is 3.98. The van der Waals surface area contributed by atoms with Crippen LogP contribution in [-0.2, 0) is 0 Å². The number of thiophene rings is 1. The number of hydrogen-bond acceptors (Lipinski definition) is 2. The number of nitrogens with zero attached hydrogens (tertiary/aromatic N) is 1. The van der Waals surface area contributed by atoms with Crippen LogP contribution in [0, 0.1) is 6.92 Å². The van der Waals surface area contributed by atoms with Gasteiger partial charge in [0.15, 0.2) is 0 Å². The van der Waals surface area contributed by atoms with Gasteiger partial charge in [0.25, 0.3) is 5.91 Å². The van der Waals surface area contributed by atoms with Gasteiger partial charge in [-0.15, -0.1) is 22.9 Å². The van der Waals surface area contributed by atoms with E-state index in [1.54, 1.807) is 11.3 Å². The van der Waals surface area contributed by atoms with Crippen molar-refractivity contribution in [2.75, 3.05) is 0 Å². The van der Waals surface area contributed by atoms with E-state index in [1.807, 2.05) is 13.0 Å². The molecular weight excluding hydrogens is 334 g/mol. The van der Waals surface area contributed by atoms with Crippen molar-refractivity contribution in [3.05, 3.63) is 20.3 Å². The van der Waals surface area contributed by atoms with E-state index in [1.165, 1.54) is 0 Å². The second kappa shape index (κ2) is 4.80. The minimum atomic E-state index is 0.199. The molecule has 2 saturated heterocycles. The molecule has 1 aromatic heterocycles. The summed E-state index contributed by atoms with van der Waals surface area (Å²) in [6, 6.07) is 2.71. The summed E-state index contributed by atoms with van der Waals surface area (Å²) in [5.74, 6) is 0.199. The Hall–Kier alpha value is -0.0600. The highest BCUT2D eigenvalue weighted by atomic mass is 79.9. The lowest BCUT2D eigenvalue weighted by molar-refractivity contribution is 0.0604. The summed E-state index contributed by atoms with van der Waals surface area (Å²) in [6.07, 6.45) is 4.14. The van der Waals surface area contributed by atoms with E-state index in [2.05, 4.69) is 20.8 Å². The molecule has 98 valence electrons. The van der Waals surface area contributed by atoms with E-state index in [9.17, 15) is 4.79 Å².